The van der Waals surface area contributed by atoms with Gasteiger partial charge in [0.15, 0.2) is 5.13 Å². The average molecular weight is 663 g/mol. The number of methoxy groups -OCH3 is 1. The molecule has 0 aliphatic rings. The zero-order valence-corrected chi connectivity index (χ0v) is 27.8. The van der Waals surface area contributed by atoms with Crippen LogP contribution in [0.5, 0.6) is 5.75 Å². The second-order valence-electron chi connectivity index (χ2n) is 10.5. The summed E-state index contributed by atoms with van der Waals surface area (Å²) in [7, 11) is 1.62. The summed E-state index contributed by atoms with van der Waals surface area (Å²) in [6.07, 6.45) is 2.25. The molecule has 4 aromatic carbocycles. The van der Waals surface area contributed by atoms with Crippen LogP contribution in [0.1, 0.15) is 34.8 Å². The van der Waals surface area contributed by atoms with Crippen LogP contribution in [0.3, 0.4) is 0 Å². The van der Waals surface area contributed by atoms with Gasteiger partial charge in [-0.05, 0) is 85.1 Å². The third kappa shape index (κ3) is 8.96. The molecule has 0 saturated carbocycles. The summed E-state index contributed by atoms with van der Waals surface area (Å²) in [4.78, 5) is 45.2. The number of hydrogen-bond acceptors (Lipinski definition) is 7. The number of nitrogens with zero attached hydrogens (tertiary/aromatic N) is 1. The molecule has 8 nitrogen and oxygen atoms in total. The molecule has 0 saturated heterocycles. The predicted octanol–water partition coefficient (Wildman–Crippen LogP) is 8.05. The molecule has 0 fully saturated rings. The van der Waals surface area contributed by atoms with Crippen molar-refractivity contribution < 1.29 is 19.1 Å². The first-order chi connectivity index (χ1) is 22.8. The Balaban J connectivity index is 1.27. The number of rotatable bonds is 12. The minimum absolute atomic E-state index is 0.106. The molecule has 238 valence electrons. The lowest BCUT2D eigenvalue weighted by Crippen LogP contribution is -2.30. The van der Waals surface area contributed by atoms with E-state index in [0.29, 0.717) is 22.8 Å². The maximum absolute atomic E-state index is 13.6. The highest BCUT2D eigenvalue weighted by molar-refractivity contribution is 8.00. The van der Waals surface area contributed by atoms with E-state index in [1.165, 1.54) is 23.1 Å². The largest absolute Gasteiger partial charge is 0.497 e. The van der Waals surface area contributed by atoms with E-state index in [4.69, 9.17) is 4.74 Å². The summed E-state index contributed by atoms with van der Waals surface area (Å²) < 4.78 is 5.23. The Bertz CT molecular complexity index is 1890. The standard InChI is InChI=1S/C37H34N4O4S2/c1-4-33(36(44)41-37-40-32(23-46-37)25-17-19-29(45-3)20-18-25)47-30-16-10-15-28(22-30)38-35(43)31(21-27-14-9-8-11-24(27)2)39-34(42)26-12-6-5-7-13-26/h5-23,33H,4H2,1-3H3,(H,38,43)(H,39,42)(H,40,41,44)/b31-21-. The summed E-state index contributed by atoms with van der Waals surface area (Å²) in [5.74, 6) is -0.258. The Morgan fingerprint density at radius 2 is 1.66 bits per heavy atom. The Kier molecular flexibility index (Phi) is 11.2. The molecule has 0 aliphatic heterocycles. The number of aromatic nitrogens is 1. The second kappa shape index (κ2) is 15.9. The number of thiazole rings is 1. The van der Waals surface area contributed by atoms with Gasteiger partial charge in [0.2, 0.25) is 5.91 Å². The minimum Gasteiger partial charge on any atom is -0.497 e. The molecule has 1 aromatic heterocycles. The monoisotopic (exact) mass is 662 g/mol. The van der Waals surface area contributed by atoms with E-state index in [0.717, 1.165) is 33.0 Å². The quantitative estimate of drug-likeness (QED) is 0.0922. The molecule has 1 heterocycles. The van der Waals surface area contributed by atoms with Crippen molar-refractivity contribution in [1.29, 1.82) is 0 Å². The van der Waals surface area contributed by atoms with Crippen LogP contribution in [0.2, 0.25) is 0 Å². The highest BCUT2D eigenvalue weighted by Crippen LogP contribution is 2.31. The molecule has 10 heteroatoms. The lowest BCUT2D eigenvalue weighted by molar-refractivity contribution is -0.116. The zero-order chi connectivity index (χ0) is 33.2. The van der Waals surface area contributed by atoms with Gasteiger partial charge >= 0.3 is 0 Å². The van der Waals surface area contributed by atoms with Gasteiger partial charge in [0.25, 0.3) is 11.8 Å². The summed E-state index contributed by atoms with van der Waals surface area (Å²) in [6, 6.07) is 31.2. The molecule has 5 rings (SSSR count). The predicted molar refractivity (Wildman–Crippen MR) is 191 cm³/mol. The van der Waals surface area contributed by atoms with Crippen molar-refractivity contribution in [3.8, 4) is 17.0 Å². The number of anilines is 2. The van der Waals surface area contributed by atoms with Crippen molar-refractivity contribution in [1.82, 2.24) is 10.3 Å². The summed E-state index contributed by atoms with van der Waals surface area (Å²) in [5.41, 5.74) is 4.55. The smallest absolute Gasteiger partial charge is 0.272 e. The third-order valence-corrected chi connectivity index (χ3v) is 9.29. The van der Waals surface area contributed by atoms with Crippen molar-refractivity contribution in [2.75, 3.05) is 17.7 Å². The highest BCUT2D eigenvalue weighted by Gasteiger charge is 2.21. The Morgan fingerprint density at radius 1 is 0.915 bits per heavy atom. The number of nitrogens with one attached hydrogen (secondary N) is 3. The van der Waals surface area contributed by atoms with E-state index >= 15 is 0 Å². The van der Waals surface area contributed by atoms with Crippen LogP contribution in [0.15, 0.2) is 119 Å². The van der Waals surface area contributed by atoms with E-state index in [-0.39, 0.29) is 11.6 Å². The van der Waals surface area contributed by atoms with Gasteiger partial charge in [0.1, 0.15) is 11.4 Å². The lowest BCUT2D eigenvalue weighted by atomic mass is 10.1. The Hall–Kier alpha value is -5.19. The SMILES string of the molecule is CCC(Sc1cccc(NC(=O)/C(=C/c2ccccc2C)NC(=O)c2ccccc2)c1)C(=O)Nc1nc(-c2ccc(OC)cc2)cs1. The Labute approximate surface area is 282 Å². The molecule has 5 aromatic rings. The van der Waals surface area contributed by atoms with E-state index in [2.05, 4.69) is 20.9 Å². The van der Waals surface area contributed by atoms with Crippen molar-refractivity contribution in [2.24, 2.45) is 0 Å². The van der Waals surface area contributed by atoms with Crippen molar-refractivity contribution in [3.05, 3.63) is 131 Å². The fraction of sp³-hybridized carbons (Fsp3) is 0.135. The van der Waals surface area contributed by atoms with Gasteiger partial charge in [0.05, 0.1) is 18.1 Å². The molecule has 0 spiro atoms. The maximum Gasteiger partial charge on any atom is 0.272 e. The van der Waals surface area contributed by atoms with Crippen LogP contribution in [-0.4, -0.2) is 35.1 Å². The average Bonchev–Trinajstić information content (AvgIpc) is 3.56. The first-order valence-electron chi connectivity index (χ1n) is 15.0. The van der Waals surface area contributed by atoms with Gasteiger partial charge in [-0.2, -0.15) is 0 Å². The topological polar surface area (TPSA) is 109 Å². The van der Waals surface area contributed by atoms with Crippen LogP contribution in [0.4, 0.5) is 10.8 Å². The van der Waals surface area contributed by atoms with Gasteiger partial charge in [-0.15, -0.1) is 23.1 Å². The summed E-state index contributed by atoms with van der Waals surface area (Å²) >= 11 is 2.77. The van der Waals surface area contributed by atoms with E-state index in [1.54, 1.807) is 43.5 Å². The van der Waals surface area contributed by atoms with Crippen LogP contribution >= 0.6 is 23.1 Å². The molecule has 0 aliphatic carbocycles. The number of carbonyl (C=O) groups is 3. The van der Waals surface area contributed by atoms with Crippen molar-refractivity contribution >= 4 is 57.7 Å². The summed E-state index contributed by atoms with van der Waals surface area (Å²) in [5, 5.41) is 10.7. The third-order valence-electron chi connectivity index (χ3n) is 7.17. The molecule has 0 radical (unpaired) electrons. The molecule has 3 N–H and O–H groups in total. The normalized spacial score (nSPS) is 11.8. The first-order valence-corrected chi connectivity index (χ1v) is 16.7. The molecule has 3 amide bonds. The Morgan fingerprint density at radius 3 is 2.38 bits per heavy atom. The zero-order valence-electron chi connectivity index (χ0n) is 26.2. The first kappa shape index (κ1) is 33.2. The molecular weight excluding hydrogens is 629 g/mol. The molecule has 1 unspecified atom stereocenters. The number of amides is 3. The second-order valence-corrected chi connectivity index (χ2v) is 12.6. The van der Waals surface area contributed by atoms with E-state index in [9.17, 15) is 14.4 Å². The summed E-state index contributed by atoms with van der Waals surface area (Å²) in [6.45, 7) is 3.89. The van der Waals surface area contributed by atoms with Gasteiger partial charge in [-0.1, -0.05) is 55.5 Å². The van der Waals surface area contributed by atoms with Crippen LogP contribution in [0, 0.1) is 6.92 Å². The van der Waals surface area contributed by atoms with Gasteiger partial charge in [-0.3, -0.25) is 14.4 Å². The van der Waals surface area contributed by atoms with E-state index < -0.39 is 17.1 Å². The molecule has 47 heavy (non-hydrogen) atoms. The number of benzene rings is 4. The molecule has 1 atom stereocenters. The number of ether oxygens (including phenoxy) is 1. The van der Waals surface area contributed by atoms with Crippen LogP contribution < -0.4 is 20.7 Å². The van der Waals surface area contributed by atoms with Crippen molar-refractivity contribution in [3.63, 3.8) is 0 Å². The van der Waals surface area contributed by atoms with Crippen molar-refractivity contribution in [2.45, 2.75) is 30.4 Å². The number of carbonyl (C=O) groups excluding carboxylic acids is 3. The highest BCUT2D eigenvalue weighted by atomic mass is 32.2. The maximum atomic E-state index is 13.6. The van der Waals surface area contributed by atoms with Crippen LogP contribution in [-0.2, 0) is 9.59 Å². The number of thioether (sulfide) groups is 1. The molecule has 0 bridgehead atoms. The van der Waals surface area contributed by atoms with E-state index in [1.807, 2.05) is 92.0 Å². The fourth-order valence-corrected chi connectivity index (χ4v) is 6.33. The van der Waals surface area contributed by atoms with Gasteiger partial charge in [0, 0.05) is 27.1 Å². The lowest BCUT2D eigenvalue weighted by Gasteiger charge is -2.15. The molecular formula is C37H34N4O4S2. The minimum atomic E-state index is -0.471. The van der Waals surface area contributed by atoms with Gasteiger partial charge in [-0.25, -0.2) is 4.98 Å². The number of hydrogen-bond donors (Lipinski definition) is 3. The fourth-order valence-electron chi connectivity index (χ4n) is 4.59. The van der Waals surface area contributed by atoms with Crippen LogP contribution in [0.25, 0.3) is 17.3 Å². The number of aryl methyl sites for hydroxylation is 1. The van der Waals surface area contributed by atoms with Gasteiger partial charge < -0.3 is 20.7 Å².